The summed E-state index contributed by atoms with van der Waals surface area (Å²) in [6, 6.07) is 5.08. The Kier molecular flexibility index (Phi) is 3.42. The zero-order valence-corrected chi connectivity index (χ0v) is 11.7. The fraction of sp³-hybridized carbons (Fsp3) is 0.357. The third-order valence-electron chi connectivity index (χ3n) is 3.59. The molecule has 1 saturated heterocycles. The molecule has 0 amide bonds. The molecule has 0 aliphatic carbocycles. The Bertz CT molecular complexity index is 782. The van der Waals surface area contributed by atoms with E-state index in [4.69, 9.17) is 15.1 Å². The fourth-order valence-electron chi connectivity index (χ4n) is 2.67. The molecule has 8 heteroatoms. The van der Waals surface area contributed by atoms with Crippen LogP contribution < -0.4 is 4.90 Å². The molecule has 2 atom stereocenters. The van der Waals surface area contributed by atoms with Gasteiger partial charge in [-0.15, -0.1) is 0 Å². The predicted molar refractivity (Wildman–Crippen MR) is 74.0 cm³/mol. The van der Waals surface area contributed by atoms with Crippen molar-refractivity contribution in [1.82, 2.24) is 9.61 Å². The highest BCUT2D eigenvalue weighted by Gasteiger charge is 2.31. The molecule has 1 fully saturated rings. The van der Waals surface area contributed by atoms with Crippen molar-refractivity contribution < 1.29 is 19.0 Å². The number of pyridine rings is 1. The van der Waals surface area contributed by atoms with E-state index in [2.05, 4.69) is 5.10 Å². The van der Waals surface area contributed by atoms with E-state index in [-0.39, 0.29) is 23.9 Å². The minimum Gasteiger partial charge on any atom is -0.479 e. The van der Waals surface area contributed by atoms with Crippen molar-refractivity contribution in [3.05, 3.63) is 29.8 Å². The standard InChI is InChI=1S/C14H13FN4O3/c1-8-6-18(7-12(22-8)14(20)21)11-3-2-9(4-16)19-13(11)10(15)5-17-19/h2-3,5,8,12H,6-7H2,1H3,(H,20,21)/t8-,12-/m1/s1. The molecular weight excluding hydrogens is 291 g/mol. The van der Waals surface area contributed by atoms with Gasteiger partial charge in [0.25, 0.3) is 0 Å². The summed E-state index contributed by atoms with van der Waals surface area (Å²) in [7, 11) is 0. The summed E-state index contributed by atoms with van der Waals surface area (Å²) in [6.45, 7) is 2.29. The highest BCUT2D eigenvalue weighted by atomic mass is 19.1. The summed E-state index contributed by atoms with van der Waals surface area (Å²) in [5.41, 5.74) is 0.867. The highest BCUT2D eigenvalue weighted by Crippen LogP contribution is 2.28. The molecule has 1 aliphatic heterocycles. The quantitative estimate of drug-likeness (QED) is 0.891. The lowest BCUT2D eigenvalue weighted by Gasteiger charge is -2.36. The zero-order valence-electron chi connectivity index (χ0n) is 11.7. The number of hydrogen-bond acceptors (Lipinski definition) is 5. The number of aliphatic carboxylic acids is 1. The molecule has 0 unspecified atom stereocenters. The molecule has 1 aliphatic rings. The van der Waals surface area contributed by atoms with Crippen molar-refractivity contribution in [3.63, 3.8) is 0 Å². The number of nitriles is 1. The normalized spacial score (nSPS) is 21.8. The molecular formula is C14H13FN4O3. The number of morpholine rings is 1. The van der Waals surface area contributed by atoms with E-state index in [9.17, 15) is 9.18 Å². The smallest absolute Gasteiger partial charge is 0.334 e. The molecule has 0 saturated carbocycles. The minimum absolute atomic E-state index is 0.103. The molecule has 0 spiro atoms. The zero-order chi connectivity index (χ0) is 15.9. The molecule has 3 rings (SSSR count). The lowest BCUT2D eigenvalue weighted by molar-refractivity contribution is -0.154. The monoisotopic (exact) mass is 304 g/mol. The van der Waals surface area contributed by atoms with Crippen molar-refractivity contribution in [3.8, 4) is 6.07 Å². The maximum atomic E-state index is 14.1. The Morgan fingerprint density at radius 2 is 2.32 bits per heavy atom. The van der Waals surface area contributed by atoms with Gasteiger partial charge in [0.1, 0.15) is 17.3 Å². The summed E-state index contributed by atoms with van der Waals surface area (Å²) in [6.07, 6.45) is -0.250. The Balaban J connectivity index is 2.08. The second-order valence-corrected chi connectivity index (χ2v) is 5.15. The van der Waals surface area contributed by atoms with Crippen LogP contribution in [0.25, 0.3) is 5.52 Å². The number of hydrogen-bond donors (Lipinski definition) is 1. The van der Waals surface area contributed by atoms with Crippen LogP contribution in [0.4, 0.5) is 10.1 Å². The van der Waals surface area contributed by atoms with Crippen LogP contribution >= 0.6 is 0 Å². The molecule has 7 nitrogen and oxygen atoms in total. The van der Waals surface area contributed by atoms with Gasteiger partial charge in [0.2, 0.25) is 0 Å². The fourth-order valence-corrected chi connectivity index (χ4v) is 2.67. The summed E-state index contributed by atoms with van der Waals surface area (Å²) < 4.78 is 20.6. The van der Waals surface area contributed by atoms with Gasteiger partial charge < -0.3 is 14.7 Å². The second-order valence-electron chi connectivity index (χ2n) is 5.15. The molecule has 22 heavy (non-hydrogen) atoms. The molecule has 1 N–H and O–H groups in total. The van der Waals surface area contributed by atoms with E-state index >= 15 is 0 Å². The Hall–Kier alpha value is -2.66. The van der Waals surface area contributed by atoms with Crippen LogP contribution in [0.5, 0.6) is 0 Å². The summed E-state index contributed by atoms with van der Waals surface area (Å²) >= 11 is 0. The average molecular weight is 304 g/mol. The second kappa shape index (κ2) is 5.27. The van der Waals surface area contributed by atoms with Crippen LogP contribution in [0.3, 0.4) is 0 Å². The van der Waals surface area contributed by atoms with E-state index in [1.54, 1.807) is 17.9 Å². The van der Waals surface area contributed by atoms with E-state index < -0.39 is 17.9 Å². The largest absolute Gasteiger partial charge is 0.479 e. The van der Waals surface area contributed by atoms with Gasteiger partial charge in [-0.1, -0.05) is 0 Å². The number of ether oxygens (including phenoxy) is 1. The summed E-state index contributed by atoms with van der Waals surface area (Å²) in [5.74, 6) is -1.62. The maximum Gasteiger partial charge on any atom is 0.334 e. The molecule has 114 valence electrons. The number of carbonyl (C=O) groups is 1. The van der Waals surface area contributed by atoms with Gasteiger partial charge in [-0.25, -0.2) is 13.7 Å². The third-order valence-corrected chi connectivity index (χ3v) is 3.59. The SMILES string of the molecule is C[C@@H]1CN(c2ccc(C#N)n3ncc(F)c23)C[C@H](C(=O)O)O1. The molecule has 2 aromatic heterocycles. The first-order valence-electron chi connectivity index (χ1n) is 6.71. The van der Waals surface area contributed by atoms with E-state index in [0.29, 0.717) is 12.2 Å². The van der Waals surface area contributed by atoms with Gasteiger partial charge in [0.15, 0.2) is 11.9 Å². The number of fused-ring (bicyclic) bond motifs is 1. The van der Waals surface area contributed by atoms with Crippen molar-refractivity contribution in [2.45, 2.75) is 19.1 Å². The lowest BCUT2D eigenvalue weighted by Crippen LogP contribution is -2.50. The first-order valence-corrected chi connectivity index (χ1v) is 6.71. The molecule has 0 radical (unpaired) electrons. The third kappa shape index (κ3) is 2.25. The van der Waals surface area contributed by atoms with Gasteiger partial charge in [-0.3, -0.25) is 0 Å². The van der Waals surface area contributed by atoms with Crippen LogP contribution in [0, 0.1) is 17.1 Å². The van der Waals surface area contributed by atoms with Gasteiger partial charge in [0.05, 0.1) is 24.5 Å². The Morgan fingerprint density at radius 3 is 3.00 bits per heavy atom. The number of anilines is 1. The van der Waals surface area contributed by atoms with Crippen LogP contribution in [0.15, 0.2) is 18.3 Å². The Morgan fingerprint density at radius 1 is 1.55 bits per heavy atom. The van der Waals surface area contributed by atoms with Crippen molar-refractivity contribution >= 4 is 17.2 Å². The van der Waals surface area contributed by atoms with Crippen LogP contribution in [0.1, 0.15) is 12.6 Å². The molecule has 0 bridgehead atoms. The number of carboxylic acids is 1. The van der Waals surface area contributed by atoms with Gasteiger partial charge in [0, 0.05) is 6.54 Å². The van der Waals surface area contributed by atoms with E-state index in [0.717, 1.165) is 6.20 Å². The summed E-state index contributed by atoms with van der Waals surface area (Å²) in [5, 5.41) is 22.1. The molecule has 2 aromatic rings. The van der Waals surface area contributed by atoms with E-state index in [1.165, 1.54) is 10.6 Å². The maximum absolute atomic E-state index is 14.1. The number of rotatable bonds is 2. The molecule has 3 heterocycles. The van der Waals surface area contributed by atoms with Gasteiger partial charge in [-0.2, -0.15) is 10.4 Å². The highest BCUT2D eigenvalue weighted by molar-refractivity contribution is 5.77. The van der Waals surface area contributed by atoms with Crippen LogP contribution in [0.2, 0.25) is 0 Å². The number of nitrogens with zero attached hydrogens (tertiary/aromatic N) is 4. The Labute approximate surface area is 125 Å². The average Bonchev–Trinajstić information content (AvgIpc) is 2.88. The lowest BCUT2D eigenvalue weighted by atomic mass is 10.1. The molecule has 0 aromatic carbocycles. The first-order chi connectivity index (χ1) is 10.5. The van der Waals surface area contributed by atoms with Crippen molar-refractivity contribution in [1.29, 1.82) is 5.26 Å². The van der Waals surface area contributed by atoms with Crippen LogP contribution in [-0.4, -0.2) is 46.0 Å². The van der Waals surface area contributed by atoms with Gasteiger partial charge in [-0.05, 0) is 19.1 Å². The van der Waals surface area contributed by atoms with Crippen molar-refractivity contribution in [2.24, 2.45) is 0 Å². The minimum atomic E-state index is -1.06. The van der Waals surface area contributed by atoms with Crippen molar-refractivity contribution in [2.75, 3.05) is 18.0 Å². The number of halogens is 1. The number of carboxylic acid groups (broad SMARTS) is 1. The topological polar surface area (TPSA) is 90.9 Å². The van der Waals surface area contributed by atoms with Crippen LogP contribution in [-0.2, 0) is 9.53 Å². The first kappa shape index (κ1) is 14.3. The van der Waals surface area contributed by atoms with E-state index in [1.807, 2.05) is 6.07 Å². The van der Waals surface area contributed by atoms with Gasteiger partial charge >= 0.3 is 5.97 Å². The predicted octanol–water partition coefficient (Wildman–Crippen LogP) is 1.02. The summed E-state index contributed by atoms with van der Waals surface area (Å²) in [4.78, 5) is 12.9. The number of aromatic nitrogens is 2.